The van der Waals surface area contributed by atoms with E-state index < -0.39 is 294 Å². The quantitative estimate of drug-likeness (QED) is 0.0142. The van der Waals surface area contributed by atoms with E-state index in [2.05, 4.69) is 101 Å². The fraction of sp³-hybridized carbons (Fsp3) is 0.558. The monoisotopic (exact) mass is 2130 g/mol. The molecule has 150 heavy (non-hydrogen) atoms. The fourth-order valence-electron chi connectivity index (χ4n) is 15.2. The van der Waals surface area contributed by atoms with E-state index in [0.717, 1.165) is 18.7 Å². The minimum atomic E-state index is -2.10. The zero-order valence-electron chi connectivity index (χ0n) is 85.7. The first-order valence-electron chi connectivity index (χ1n) is 48.5. The Labute approximate surface area is 870 Å². The summed E-state index contributed by atoms with van der Waals surface area (Å²) < 4.78 is 0. The average molecular weight is 2130 g/mol. The summed E-state index contributed by atoms with van der Waals surface area (Å²) in [6.45, 7) is 14.1. The Morgan fingerprint density at radius 3 is 1.05 bits per heavy atom. The lowest BCUT2D eigenvalue weighted by Crippen LogP contribution is -2.62. The number of primary amides is 3. The Morgan fingerprint density at radius 1 is 0.373 bits per heavy atom. The molecule has 0 saturated carbocycles. The van der Waals surface area contributed by atoms with Crippen LogP contribution in [0.25, 0.3) is 0 Å². The zero-order valence-corrected chi connectivity index (χ0v) is 86.5. The Balaban J connectivity index is 1.73. The molecule has 36 N–H and O–H groups in total. The number of carbonyl (C=O) groups is 22. The number of likely N-dealkylation sites (tertiary alicyclic amines) is 1. The first kappa shape index (κ1) is 127. The van der Waals surface area contributed by atoms with Gasteiger partial charge in [0.1, 0.15) is 120 Å². The van der Waals surface area contributed by atoms with Gasteiger partial charge in [-0.1, -0.05) is 104 Å². The molecule has 0 spiro atoms. The SMILES string of the molecule is CC(=O)N[C@@H](CC(C)C)C(=O)N[C@@H](Cc1ccc(O)cc1)C(=O)N[C@@H](CCCNC(=N)N)C(=O)N[C@@H](C)C(=O)N[C@@H](CC(N)=O)C(=O)N[C@H](C(=O)N[C@@H](CSC(=O)[C@@H](NC(=O)[C@H](CC(N)=O)NC(=O)[C@H](C)NC(=O)[C@H](CCCNC(=N)N)NC(=O)[C@H](Cc1ccc(O)cc1)NC(=O)[C@H](CC(C)C)NC(C)=O)C(C)C)C(=O)N[C@@H](CO)C(=O)N1CCC[C@H]1C(=O)NCC(=O)N[C@@H](Cc1ccc(O)cc1)C(=O)N[C@@H](CO)C(N)=O)C(C)C. The van der Waals surface area contributed by atoms with Gasteiger partial charge in [0.05, 0.1) is 32.6 Å². The normalized spacial score (nSPS) is 15.3. The maximum Gasteiger partial charge on any atom is 0.248 e. The van der Waals surface area contributed by atoms with Crippen LogP contribution in [-0.4, -0.2) is 319 Å². The van der Waals surface area contributed by atoms with Crippen LogP contribution >= 0.6 is 11.8 Å². The van der Waals surface area contributed by atoms with Crippen LogP contribution in [0, 0.1) is 34.5 Å². The van der Waals surface area contributed by atoms with Crippen LogP contribution in [0.15, 0.2) is 72.8 Å². The highest BCUT2D eigenvalue weighted by Gasteiger charge is 2.43. The Morgan fingerprint density at radius 2 is 0.700 bits per heavy atom. The molecule has 0 bridgehead atoms. The van der Waals surface area contributed by atoms with Crippen LogP contribution in [0.1, 0.15) is 164 Å². The predicted molar refractivity (Wildman–Crippen MR) is 542 cm³/mol. The number of nitrogens with one attached hydrogen (secondary N) is 21. The standard InChI is InChI=1S/C95H145N27O27S/c1-45(2)34-61(108-51(11)125)82(138)115-64(37-54-21-27-57(128)28-22-54)85(141)111-59(16-13-31-103-94(99)100)80(136)106-49(9)78(134)113-66(39-72(96)130)87(143)120-75(47(5)6)91(147)119-70(89(145)118-69(43-124)92(148)122-33-15-18-71(122)90(146)105-41-74(132)110-63(36-53-19-25-56(127)26-20-53)84(140)117-68(42-123)77(98)133)44-150-93(149)76(48(7)8)121-88(144)67(40-73(97)131)114-79(135)50(10)107-81(137)60(17-14-32-104-95(101)102)112-86(142)65(38-55-23-29-58(129)30-24-55)116-83(139)62(35-46(3)4)109-52(12)126/h19-30,45-50,59-71,75-76,123-124,127-129H,13-18,31-44H2,1-12H3,(H2,96,130)(H2,97,131)(H2,98,133)(H,105,146)(H,106,136)(H,107,137)(H,108,125)(H,109,126)(H,110,132)(H,111,141)(H,112,142)(H,113,134)(H,114,135)(H,115,138)(H,116,139)(H,117,140)(H,118,145)(H,119,147)(H,120,143)(H,121,144)(H4,99,100,103)(H4,101,102,104)/t49-,50-,59-,60-,61-,62-,63-,64-,65-,66-,67-,68-,69-,70-,71-,75-,76-/m0/s1. The number of guanidine groups is 2. The van der Waals surface area contributed by atoms with Crippen molar-refractivity contribution in [1.82, 2.24) is 106 Å². The van der Waals surface area contributed by atoms with Crippen molar-refractivity contribution in [2.75, 3.05) is 45.1 Å². The third-order valence-corrected chi connectivity index (χ3v) is 24.1. The van der Waals surface area contributed by atoms with Crippen LogP contribution in [0.3, 0.4) is 0 Å². The molecule has 0 aromatic heterocycles. The number of nitrogens with zero attached hydrogens (tertiary/aromatic N) is 1. The van der Waals surface area contributed by atoms with E-state index in [1.54, 1.807) is 27.7 Å². The number of phenolic OH excluding ortho intramolecular Hbond substituents is 3. The highest BCUT2D eigenvalue weighted by Crippen LogP contribution is 2.23. The predicted octanol–water partition coefficient (Wildman–Crippen LogP) is -8.81. The third-order valence-electron chi connectivity index (χ3n) is 23.1. The van der Waals surface area contributed by atoms with Gasteiger partial charge < -0.3 is 160 Å². The number of aliphatic hydroxyl groups is 2. The number of nitrogens with two attached hydrogens (primary N) is 5. The van der Waals surface area contributed by atoms with E-state index in [4.69, 9.17) is 39.5 Å². The molecule has 1 heterocycles. The van der Waals surface area contributed by atoms with Crippen molar-refractivity contribution in [2.24, 2.45) is 52.3 Å². The van der Waals surface area contributed by atoms with Crippen molar-refractivity contribution >= 4 is 153 Å². The summed E-state index contributed by atoms with van der Waals surface area (Å²) in [4.78, 5) is 307. The van der Waals surface area contributed by atoms with Crippen molar-refractivity contribution in [3.63, 3.8) is 0 Å². The van der Waals surface area contributed by atoms with E-state index in [0.29, 0.717) is 16.7 Å². The first-order chi connectivity index (χ1) is 70.4. The topological polar surface area (TPSA) is 886 Å². The molecule has 4 rings (SSSR count). The van der Waals surface area contributed by atoms with Gasteiger partial charge >= 0.3 is 0 Å². The van der Waals surface area contributed by atoms with Crippen LogP contribution in [0.5, 0.6) is 17.2 Å². The molecule has 55 heteroatoms. The lowest BCUT2D eigenvalue weighted by Gasteiger charge is -2.30. The zero-order chi connectivity index (χ0) is 113. The van der Waals surface area contributed by atoms with Gasteiger partial charge in [-0.25, -0.2) is 0 Å². The molecule has 3 aromatic rings. The highest BCUT2D eigenvalue weighted by atomic mass is 32.2. The van der Waals surface area contributed by atoms with E-state index in [-0.39, 0.29) is 131 Å². The lowest BCUT2D eigenvalue weighted by atomic mass is 10.0. The molecule has 0 unspecified atom stereocenters. The lowest BCUT2D eigenvalue weighted by molar-refractivity contribution is -0.143. The molecule has 1 saturated heterocycles. The molecule has 0 radical (unpaired) electrons. The molecule has 1 aliphatic heterocycles. The Kier molecular flexibility index (Phi) is 53.4. The number of thioether (sulfide) groups is 1. The average Bonchev–Trinajstić information content (AvgIpc) is 1.70. The molecular weight excluding hydrogens is 1980 g/mol. The summed E-state index contributed by atoms with van der Waals surface area (Å²) >= 11 is 0.237. The molecule has 1 fully saturated rings. The van der Waals surface area contributed by atoms with Crippen LogP contribution in [0.2, 0.25) is 0 Å². The summed E-state index contributed by atoms with van der Waals surface area (Å²) in [5.41, 5.74) is 28.8. The summed E-state index contributed by atoms with van der Waals surface area (Å²) in [6.07, 6.45) is -2.88. The van der Waals surface area contributed by atoms with Gasteiger partial charge in [0.2, 0.25) is 129 Å². The minimum Gasteiger partial charge on any atom is -0.508 e. The summed E-state index contributed by atoms with van der Waals surface area (Å²) in [6, 6.07) is -11.3. The number of rotatable bonds is 63. The Hall–Kier alpha value is -15.6. The summed E-state index contributed by atoms with van der Waals surface area (Å²) in [5, 5.41) is 112. The van der Waals surface area contributed by atoms with Crippen molar-refractivity contribution in [3.8, 4) is 17.2 Å². The third kappa shape index (κ3) is 45.4. The number of aromatic hydroxyl groups is 3. The molecule has 0 aliphatic carbocycles. The summed E-state index contributed by atoms with van der Waals surface area (Å²) in [7, 11) is 0. The molecule has 1 aliphatic rings. The number of benzene rings is 3. The van der Waals surface area contributed by atoms with Gasteiger partial charge in [0, 0.05) is 58.5 Å². The van der Waals surface area contributed by atoms with Crippen LogP contribution in [-0.2, 0) is 125 Å². The van der Waals surface area contributed by atoms with Crippen molar-refractivity contribution in [2.45, 2.75) is 269 Å². The van der Waals surface area contributed by atoms with Gasteiger partial charge in [-0.15, -0.1) is 0 Å². The van der Waals surface area contributed by atoms with Gasteiger partial charge in [-0.2, -0.15) is 0 Å². The highest BCUT2D eigenvalue weighted by molar-refractivity contribution is 8.13. The van der Waals surface area contributed by atoms with Gasteiger partial charge in [-0.3, -0.25) is 116 Å². The number of aliphatic hydroxyl groups excluding tert-OH is 2. The maximum atomic E-state index is 15.1. The number of carbonyl (C=O) groups excluding carboxylic acids is 22. The molecule has 54 nitrogen and oxygen atoms in total. The van der Waals surface area contributed by atoms with Crippen LogP contribution in [0.4, 0.5) is 0 Å². The van der Waals surface area contributed by atoms with Crippen molar-refractivity contribution in [3.05, 3.63) is 89.5 Å². The van der Waals surface area contributed by atoms with E-state index in [1.807, 2.05) is 0 Å². The number of amides is 21. The van der Waals surface area contributed by atoms with Crippen molar-refractivity contribution in [1.29, 1.82) is 10.8 Å². The minimum absolute atomic E-state index is 0.0136. The maximum absolute atomic E-state index is 15.1. The number of phenols is 3. The van der Waals surface area contributed by atoms with E-state index >= 15 is 9.59 Å². The van der Waals surface area contributed by atoms with E-state index in [1.165, 1.54) is 114 Å². The second-order valence-electron chi connectivity index (χ2n) is 37.6. The van der Waals surface area contributed by atoms with Gasteiger partial charge in [-0.05, 0) is 142 Å². The second-order valence-corrected chi connectivity index (χ2v) is 38.6. The molecule has 17 atom stereocenters. The molecular formula is C95H145N27O27S. The molecule has 21 amide bonds. The van der Waals surface area contributed by atoms with Crippen molar-refractivity contribution < 1.29 is 131 Å². The van der Waals surface area contributed by atoms with E-state index in [9.17, 15) is 121 Å². The summed E-state index contributed by atoms with van der Waals surface area (Å²) in [5.74, 6) is -26.4. The van der Waals surface area contributed by atoms with Gasteiger partial charge in [0.15, 0.2) is 11.9 Å². The van der Waals surface area contributed by atoms with Gasteiger partial charge in [0.25, 0.3) is 0 Å². The molecule has 3 aromatic carbocycles. The van der Waals surface area contributed by atoms with Crippen LogP contribution < -0.4 is 130 Å². The number of hydrogen-bond donors (Lipinski definition) is 31. The Bertz CT molecular complexity index is 5230. The smallest absolute Gasteiger partial charge is 0.248 e. The largest absolute Gasteiger partial charge is 0.508 e. The fourth-order valence-corrected chi connectivity index (χ4v) is 16.3. The first-order valence-corrected chi connectivity index (χ1v) is 49.5. The number of hydrogen-bond acceptors (Lipinski definition) is 30. The second kappa shape index (κ2) is 63.2. The molecule has 828 valence electrons.